The summed E-state index contributed by atoms with van der Waals surface area (Å²) in [5.74, 6) is -0.589. The van der Waals surface area contributed by atoms with Crippen LogP contribution >= 0.6 is 0 Å². The van der Waals surface area contributed by atoms with E-state index in [1.807, 2.05) is 0 Å². The average molecular weight is 169 g/mol. The molecule has 12 heavy (non-hydrogen) atoms. The Balaban J connectivity index is 2.40. The molecule has 0 aromatic carbocycles. The molecule has 1 aliphatic rings. The first-order valence-corrected chi connectivity index (χ1v) is 3.84. The summed E-state index contributed by atoms with van der Waals surface area (Å²) in [6.45, 7) is 2.15. The first-order valence-electron chi connectivity index (χ1n) is 3.84. The average Bonchev–Trinajstić information content (AvgIpc) is 2.37. The highest BCUT2D eigenvalue weighted by Crippen LogP contribution is 2.05. The number of ether oxygens (including phenoxy) is 1. The maximum atomic E-state index is 10.9. The lowest BCUT2D eigenvalue weighted by atomic mass is 10.2. The Kier molecular flexibility index (Phi) is 2.85. The van der Waals surface area contributed by atoms with Crippen molar-refractivity contribution in [1.29, 1.82) is 0 Å². The lowest BCUT2D eigenvalue weighted by molar-refractivity contribution is -0.140. The molecule has 1 heterocycles. The van der Waals surface area contributed by atoms with Crippen LogP contribution in [0, 0.1) is 0 Å². The van der Waals surface area contributed by atoms with Crippen LogP contribution in [-0.4, -0.2) is 24.5 Å². The second kappa shape index (κ2) is 3.90. The lowest BCUT2D eigenvalue weighted by Crippen LogP contribution is -2.36. The van der Waals surface area contributed by atoms with Crippen molar-refractivity contribution in [3.05, 3.63) is 12.2 Å². The molecular weight excluding hydrogens is 158 g/mol. The van der Waals surface area contributed by atoms with Gasteiger partial charge in [0.15, 0.2) is 0 Å². The van der Waals surface area contributed by atoms with Gasteiger partial charge in [-0.1, -0.05) is 6.08 Å². The molecule has 4 nitrogen and oxygen atoms in total. The minimum absolute atomic E-state index is 0.249. The Bertz CT molecular complexity index is 222. The third kappa shape index (κ3) is 2.08. The monoisotopic (exact) mass is 169 g/mol. The van der Waals surface area contributed by atoms with Gasteiger partial charge in [0.05, 0.1) is 6.61 Å². The molecule has 1 aliphatic heterocycles. The standard InChI is InChI=1S/C8H11NO3/c1-2-3-7(10)9-6-4-5-12-8(6)11/h2-3,6H,4-5H2,1H3,(H,9,10). The van der Waals surface area contributed by atoms with Gasteiger partial charge in [0.25, 0.3) is 0 Å². The number of rotatable bonds is 2. The molecule has 1 unspecified atom stereocenters. The normalized spacial score (nSPS) is 22.8. The zero-order valence-electron chi connectivity index (χ0n) is 6.87. The third-order valence-corrected chi connectivity index (χ3v) is 1.57. The van der Waals surface area contributed by atoms with Crippen LogP contribution in [0.3, 0.4) is 0 Å². The minimum atomic E-state index is -0.450. The molecule has 1 fully saturated rings. The van der Waals surface area contributed by atoms with E-state index in [4.69, 9.17) is 0 Å². The molecule has 0 radical (unpaired) electrons. The maximum absolute atomic E-state index is 10.9. The van der Waals surface area contributed by atoms with E-state index in [1.165, 1.54) is 6.08 Å². The van der Waals surface area contributed by atoms with Crippen LogP contribution < -0.4 is 5.32 Å². The molecule has 0 aromatic rings. The molecule has 0 aromatic heterocycles. The van der Waals surface area contributed by atoms with E-state index in [1.54, 1.807) is 13.0 Å². The first-order chi connectivity index (χ1) is 5.74. The fourth-order valence-corrected chi connectivity index (χ4v) is 0.998. The SMILES string of the molecule is CC=CC(=O)NC1CCOC1=O. The van der Waals surface area contributed by atoms with E-state index in [0.29, 0.717) is 13.0 Å². The van der Waals surface area contributed by atoms with Gasteiger partial charge in [-0.2, -0.15) is 0 Å². The largest absolute Gasteiger partial charge is 0.464 e. The van der Waals surface area contributed by atoms with E-state index < -0.39 is 6.04 Å². The number of nitrogens with one attached hydrogen (secondary N) is 1. The van der Waals surface area contributed by atoms with E-state index in [0.717, 1.165) is 0 Å². The van der Waals surface area contributed by atoms with Crippen molar-refractivity contribution in [2.75, 3.05) is 6.61 Å². The van der Waals surface area contributed by atoms with Gasteiger partial charge in [0.1, 0.15) is 6.04 Å². The summed E-state index contributed by atoms with van der Waals surface area (Å²) in [5, 5.41) is 2.53. The molecule has 1 atom stereocenters. The molecule has 1 amide bonds. The van der Waals surface area contributed by atoms with Gasteiger partial charge in [-0.15, -0.1) is 0 Å². The quantitative estimate of drug-likeness (QED) is 0.467. The van der Waals surface area contributed by atoms with Crippen LogP contribution in [0.5, 0.6) is 0 Å². The zero-order valence-corrected chi connectivity index (χ0v) is 6.87. The van der Waals surface area contributed by atoms with Crippen molar-refractivity contribution >= 4 is 11.9 Å². The highest BCUT2D eigenvalue weighted by molar-refractivity contribution is 5.91. The van der Waals surface area contributed by atoms with Crippen LogP contribution in [-0.2, 0) is 14.3 Å². The van der Waals surface area contributed by atoms with Crippen LogP contribution in [0.1, 0.15) is 13.3 Å². The van der Waals surface area contributed by atoms with Gasteiger partial charge in [-0.3, -0.25) is 4.79 Å². The van der Waals surface area contributed by atoms with E-state index in [-0.39, 0.29) is 11.9 Å². The van der Waals surface area contributed by atoms with Gasteiger partial charge in [-0.25, -0.2) is 4.79 Å². The van der Waals surface area contributed by atoms with Crippen LogP contribution in [0.25, 0.3) is 0 Å². The molecule has 0 aliphatic carbocycles. The predicted molar refractivity (Wildman–Crippen MR) is 42.3 cm³/mol. The first kappa shape index (κ1) is 8.77. The summed E-state index contributed by atoms with van der Waals surface area (Å²) in [6, 6.07) is -0.450. The Morgan fingerprint density at radius 3 is 3.00 bits per heavy atom. The van der Waals surface area contributed by atoms with Crippen molar-refractivity contribution in [2.45, 2.75) is 19.4 Å². The molecule has 1 rings (SSSR count). The highest BCUT2D eigenvalue weighted by Gasteiger charge is 2.26. The number of esters is 1. The van der Waals surface area contributed by atoms with Gasteiger partial charge in [-0.05, 0) is 13.0 Å². The number of hydrogen-bond acceptors (Lipinski definition) is 3. The van der Waals surface area contributed by atoms with Gasteiger partial charge in [0.2, 0.25) is 5.91 Å². The van der Waals surface area contributed by atoms with Crippen molar-refractivity contribution in [1.82, 2.24) is 5.32 Å². The van der Waals surface area contributed by atoms with Gasteiger partial charge < -0.3 is 10.1 Å². The maximum Gasteiger partial charge on any atom is 0.328 e. The molecule has 66 valence electrons. The summed E-state index contributed by atoms with van der Waals surface area (Å²) in [7, 11) is 0. The molecule has 1 N–H and O–H groups in total. The molecule has 0 saturated carbocycles. The van der Waals surface area contributed by atoms with E-state index >= 15 is 0 Å². The van der Waals surface area contributed by atoms with Crippen molar-refractivity contribution in [3.63, 3.8) is 0 Å². The van der Waals surface area contributed by atoms with E-state index in [2.05, 4.69) is 10.1 Å². The Morgan fingerprint density at radius 1 is 1.75 bits per heavy atom. The fourth-order valence-electron chi connectivity index (χ4n) is 0.998. The highest BCUT2D eigenvalue weighted by atomic mass is 16.5. The van der Waals surface area contributed by atoms with E-state index in [9.17, 15) is 9.59 Å². The zero-order chi connectivity index (χ0) is 8.97. The van der Waals surface area contributed by atoms with Gasteiger partial charge >= 0.3 is 5.97 Å². The molecule has 0 spiro atoms. The smallest absolute Gasteiger partial charge is 0.328 e. The number of carbonyl (C=O) groups excluding carboxylic acids is 2. The number of allylic oxidation sites excluding steroid dienone is 1. The third-order valence-electron chi connectivity index (χ3n) is 1.57. The summed E-state index contributed by atoms with van der Waals surface area (Å²) >= 11 is 0. The molecule has 1 saturated heterocycles. The lowest BCUT2D eigenvalue weighted by Gasteiger charge is -2.04. The molecule has 4 heteroatoms. The second-order valence-corrected chi connectivity index (χ2v) is 2.52. The van der Waals surface area contributed by atoms with Crippen molar-refractivity contribution in [3.8, 4) is 0 Å². The number of amides is 1. The summed E-state index contributed by atoms with van der Waals surface area (Å²) in [6.07, 6.45) is 3.57. The molecule has 0 bridgehead atoms. The number of carbonyl (C=O) groups is 2. The summed E-state index contributed by atoms with van der Waals surface area (Å²) in [5.41, 5.74) is 0. The topological polar surface area (TPSA) is 55.4 Å². The van der Waals surface area contributed by atoms with Crippen molar-refractivity contribution < 1.29 is 14.3 Å². The number of cyclic esters (lactones) is 1. The fraction of sp³-hybridized carbons (Fsp3) is 0.500. The Hall–Kier alpha value is -1.32. The predicted octanol–water partition coefficient (Wildman–Crippen LogP) is -0.00580. The summed E-state index contributed by atoms with van der Waals surface area (Å²) < 4.78 is 4.67. The Morgan fingerprint density at radius 2 is 2.50 bits per heavy atom. The Labute approximate surface area is 70.6 Å². The molecular formula is C8H11NO3. The van der Waals surface area contributed by atoms with Crippen LogP contribution in [0.4, 0.5) is 0 Å². The van der Waals surface area contributed by atoms with Crippen LogP contribution in [0.2, 0.25) is 0 Å². The number of hydrogen-bond donors (Lipinski definition) is 1. The van der Waals surface area contributed by atoms with Crippen LogP contribution in [0.15, 0.2) is 12.2 Å². The second-order valence-electron chi connectivity index (χ2n) is 2.52. The van der Waals surface area contributed by atoms with Gasteiger partial charge in [0, 0.05) is 6.42 Å². The summed E-state index contributed by atoms with van der Waals surface area (Å²) in [4.78, 5) is 21.8. The van der Waals surface area contributed by atoms with Crippen molar-refractivity contribution in [2.24, 2.45) is 0 Å². The minimum Gasteiger partial charge on any atom is -0.464 e.